The van der Waals surface area contributed by atoms with Crippen molar-refractivity contribution in [2.45, 2.75) is 6.92 Å². The van der Waals surface area contributed by atoms with Gasteiger partial charge in [0.15, 0.2) is 12.4 Å². The normalized spacial score (nSPS) is 10.3. The Morgan fingerprint density at radius 2 is 1.79 bits per heavy atom. The van der Waals surface area contributed by atoms with Crippen molar-refractivity contribution < 1.29 is 27.9 Å². The third-order valence-corrected chi connectivity index (χ3v) is 3.86. The van der Waals surface area contributed by atoms with Crippen LogP contribution in [-0.4, -0.2) is 24.4 Å². The zero-order chi connectivity index (χ0) is 20.8. The van der Waals surface area contributed by atoms with Crippen molar-refractivity contribution in [3.05, 3.63) is 83.6 Å². The minimum Gasteiger partial charge on any atom is -0.459 e. The summed E-state index contributed by atoms with van der Waals surface area (Å²) in [6.07, 6.45) is 1.39. The third-order valence-electron chi connectivity index (χ3n) is 3.86. The zero-order valence-electron chi connectivity index (χ0n) is 15.4. The summed E-state index contributed by atoms with van der Waals surface area (Å²) in [5.41, 5.74) is 1.37. The predicted molar refractivity (Wildman–Crippen MR) is 103 cm³/mol. The van der Waals surface area contributed by atoms with E-state index in [2.05, 4.69) is 10.6 Å². The number of benzene rings is 2. The number of carbonyl (C=O) groups is 3. The molecule has 2 amide bonds. The monoisotopic (exact) mass is 396 g/mol. The summed E-state index contributed by atoms with van der Waals surface area (Å²) in [5.74, 6) is -2.23. The van der Waals surface area contributed by atoms with Crippen molar-refractivity contribution in [2.24, 2.45) is 0 Å². The summed E-state index contributed by atoms with van der Waals surface area (Å²) >= 11 is 0. The average molecular weight is 396 g/mol. The number of nitrogens with one attached hydrogen (secondary N) is 2. The van der Waals surface area contributed by atoms with Gasteiger partial charge in [-0.05, 0) is 61.0 Å². The molecular weight excluding hydrogens is 379 g/mol. The van der Waals surface area contributed by atoms with Crippen molar-refractivity contribution in [1.82, 2.24) is 0 Å². The van der Waals surface area contributed by atoms with Gasteiger partial charge in [-0.1, -0.05) is 6.07 Å². The topological polar surface area (TPSA) is 97.6 Å². The van der Waals surface area contributed by atoms with Crippen molar-refractivity contribution >= 4 is 29.2 Å². The van der Waals surface area contributed by atoms with Crippen LogP contribution >= 0.6 is 0 Å². The second-order valence-corrected chi connectivity index (χ2v) is 6.12. The lowest BCUT2D eigenvalue weighted by molar-refractivity contribution is -0.119. The van der Waals surface area contributed by atoms with Gasteiger partial charge in [0.25, 0.3) is 11.8 Å². The Morgan fingerprint density at radius 1 is 1.03 bits per heavy atom. The summed E-state index contributed by atoms with van der Waals surface area (Å²) in [6, 6.07) is 13.4. The Labute approximate surface area is 165 Å². The minimum atomic E-state index is -0.728. The SMILES string of the molecule is Cc1ccc(NC(=O)COC(=O)c2ccc(NC(=O)c3ccco3)cc2)c(F)c1. The van der Waals surface area contributed by atoms with E-state index in [9.17, 15) is 18.8 Å². The van der Waals surface area contributed by atoms with Crippen LogP contribution in [0.1, 0.15) is 26.5 Å². The number of esters is 1. The van der Waals surface area contributed by atoms with E-state index < -0.39 is 30.2 Å². The van der Waals surface area contributed by atoms with Crippen LogP contribution in [0.3, 0.4) is 0 Å². The van der Waals surface area contributed by atoms with E-state index in [1.54, 1.807) is 19.1 Å². The van der Waals surface area contributed by atoms with E-state index in [1.807, 2.05) is 0 Å². The molecule has 7 nitrogen and oxygen atoms in total. The molecule has 29 heavy (non-hydrogen) atoms. The van der Waals surface area contributed by atoms with Crippen LogP contribution in [0, 0.1) is 12.7 Å². The molecule has 0 radical (unpaired) electrons. The number of ether oxygens (including phenoxy) is 1. The largest absolute Gasteiger partial charge is 0.459 e. The molecule has 8 heteroatoms. The number of carbonyl (C=O) groups excluding carboxylic acids is 3. The van der Waals surface area contributed by atoms with Gasteiger partial charge >= 0.3 is 5.97 Å². The van der Waals surface area contributed by atoms with E-state index in [0.29, 0.717) is 5.69 Å². The molecule has 1 aromatic heterocycles. The lowest BCUT2D eigenvalue weighted by Gasteiger charge is -2.08. The Balaban J connectivity index is 1.51. The number of aryl methyl sites for hydroxylation is 1. The Hall–Kier alpha value is -3.94. The fourth-order valence-electron chi connectivity index (χ4n) is 2.41. The number of furan rings is 1. The number of halogens is 1. The van der Waals surface area contributed by atoms with Gasteiger partial charge in [0, 0.05) is 5.69 Å². The molecule has 2 aromatic carbocycles. The number of hydrogen-bond acceptors (Lipinski definition) is 5. The maximum absolute atomic E-state index is 13.7. The molecule has 0 aliphatic heterocycles. The van der Waals surface area contributed by atoms with Gasteiger partial charge < -0.3 is 19.8 Å². The molecule has 0 atom stereocenters. The highest BCUT2D eigenvalue weighted by molar-refractivity contribution is 6.02. The quantitative estimate of drug-likeness (QED) is 0.618. The number of rotatable bonds is 6. The second-order valence-electron chi connectivity index (χ2n) is 6.12. The molecule has 148 valence electrons. The highest BCUT2D eigenvalue weighted by Gasteiger charge is 2.13. The van der Waals surface area contributed by atoms with E-state index in [1.165, 1.54) is 48.7 Å². The van der Waals surface area contributed by atoms with Crippen LogP contribution in [0.5, 0.6) is 0 Å². The van der Waals surface area contributed by atoms with Crippen LogP contribution < -0.4 is 10.6 Å². The molecule has 2 N–H and O–H groups in total. The van der Waals surface area contributed by atoms with Crippen molar-refractivity contribution in [3.8, 4) is 0 Å². The molecule has 0 aliphatic carbocycles. The highest BCUT2D eigenvalue weighted by Crippen LogP contribution is 2.15. The zero-order valence-corrected chi connectivity index (χ0v) is 15.4. The Bertz CT molecular complexity index is 1030. The average Bonchev–Trinajstić information content (AvgIpc) is 3.24. The molecule has 0 fully saturated rings. The molecule has 0 spiro atoms. The van der Waals surface area contributed by atoms with E-state index >= 15 is 0 Å². The maximum Gasteiger partial charge on any atom is 0.338 e. The predicted octanol–water partition coefficient (Wildman–Crippen LogP) is 3.77. The second kappa shape index (κ2) is 8.83. The van der Waals surface area contributed by atoms with E-state index in [0.717, 1.165) is 5.56 Å². The first-order valence-electron chi connectivity index (χ1n) is 8.60. The standard InChI is InChI=1S/C21H17FN2O5/c1-13-4-9-17(16(22)11-13)24-19(25)12-29-21(27)14-5-7-15(8-6-14)23-20(26)18-3-2-10-28-18/h2-11H,12H2,1H3,(H,23,26)(H,24,25). The molecule has 0 saturated carbocycles. The highest BCUT2D eigenvalue weighted by atomic mass is 19.1. The van der Waals surface area contributed by atoms with Gasteiger partial charge in [0.2, 0.25) is 0 Å². The van der Waals surface area contributed by atoms with Crippen LogP contribution in [-0.2, 0) is 9.53 Å². The summed E-state index contributed by atoms with van der Waals surface area (Å²) in [7, 11) is 0. The van der Waals surface area contributed by atoms with Gasteiger partial charge in [-0.3, -0.25) is 9.59 Å². The molecule has 0 aliphatic rings. The Kier molecular flexibility index (Phi) is 6.03. The summed E-state index contributed by atoms with van der Waals surface area (Å²) in [5, 5.41) is 4.95. The smallest absolute Gasteiger partial charge is 0.338 e. The van der Waals surface area contributed by atoms with E-state index in [-0.39, 0.29) is 17.0 Å². The van der Waals surface area contributed by atoms with Crippen LogP contribution in [0.4, 0.5) is 15.8 Å². The molecule has 0 unspecified atom stereocenters. The minimum absolute atomic E-state index is 0.00769. The Morgan fingerprint density at radius 3 is 2.45 bits per heavy atom. The molecule has 3 aromatic rings. The molecule has 1 heterocycles. The van der Waals surface area contributed by atoms with Crippen molar-refractivity contribution in [3.63, 3.8) is 0 Å². The van der Waals surface area contributed by atoms with Gasteiger partial charge in [-0.15, -0.1) is 0 Å². The van der Waals surface area contributed by atoms with Crippen LogP contribution in [0.15, 0.2) is 65.3 Å². The first-order chi connectivity index (χ1) is 13.9. The summed E-state index contributed by atoms with van der Waals surface area (Å²) in [6.45, 7) is 1.16. The van der Waals surface area contributed by atoms with Crippen LogP contribution in [0.25, 0.3) is 0 Å². The molecular formula is C21H17FN2O5. The van der Waals surface area contributed by atoms with Crippen molar-refractivity contribution in [2.75, 3.05) is 17.2 Å². The first-order valence-corrected chi connectivity index (χ1v) is 8.60. The van der Waals surface area contributed by atoms with Gasteiger partial charge in [0.1, 0.15) is 5.82 Å². The van der Waals surface area contributed by atoms with Gasteiger partial charge in [-0.2, -0.15) is 0 Å². The first kappa shape index (κ1) is 19.8. The maximum atomic E-state index is 13.7. The molecule has 3 rings (SSSR count). The number of anilines is 2. The lowest BCUT2D eigenvalue weighted by Crippen LogP contribution is -2.21. The lowest BCUT2D eigenvalue weighted by atomic mass is 10.2. The fourth-order valence-corrected chi connectivity index (χ4v) is 2.41. The number of hydrogen-bond donors (Lipinski definition) is 2. The van der Waals surface area contributed by atoms with E-state index in [4.69, 9.17) is 9.15 Å². The summed E-state index contributed by atoms with van der Waals surface area (Å²) < 4.78 is 23.7. The van der Waals surface area contributed by atoms with Gasteiger partial charge in [0.05, 0.1) is 17.5 Å². The summed E-state index contributed by atoms with van der Waals surface area (Å²) in [4.78, 5) is 35.8. The fraction of sp³-hybridized carbons (Fsp3) is 0.0952. The number of amides is 2. The van der Waals surface area contributed by atoms with Crippen molar-refractivity contribution in [1.29, 1.82) is 0 Å². The van der Waals surface area contributed by atoms with Crippen LogP contribution in [0.2, 0.25) is 0 Å². The molecule has 0 bridgehead atoms. The van der Waals surface area contributed by atoms with Gasteiger partial charge in [-0.25, -0.2) is 9.18 Å². The third kappa shape index (κ3) is 5.29. The molecule has 0 saturated heterocycles.